The molecule has 2 atom stereocenters. The average Bonchev–Trinajstić information content (AvgIpc) is 3.37. The molecule has 3 aromatic rings. The smallest absolute Gasteiger partial charge is 0.277 e. The van der Waals surface area contributed by atoms with Gasteiger partial charge in [-0.2, -0.15) is 0 Å². The maximum absolute atomic E-state index is 13.2. The Morgan fingerprint density at radius 1 is 1.24 bits per heavy atom. The molecule has 1 aliphatic carbocycles. The van der Waals surface area contributed by atoms with E-state index in [4.69, 9.17) is 17.3 Å². The molecule has 1 aliphatic heterocycles. The van der Waals surface area contributed by atoms with Crippen molar-refractivity contribution >= 4 is 29.0 Å². The molecule has 5 rings (SSSR count). The third kappa shape index (κ3) is 4.18. The van der Waals surface area contributed by atoms with Crippen molar-refractivity contribution in [3.63, 3.8) is 0 Å². The summed E-state index contributed by atoms with van der Waals surface area (Å²) < 4.78 is 1.53. The minimum Gasteiger partial charge on any atom is -0.384 e. The molecule has 33 heavy (non-hydrogen) atoms. The number of nitrogens with two attached hydrogens (primary N) is 1. The molecule has 1 amide bonds. The molecule has 0 saturated heterocycles. The van der Waals surface area contributed by atoms with Crippen LogP contribution in [-0.4, -0.2) is 20.4 Å². The summed E-state index contributed by atoms with van der Waals surface area (Å²) in [7, 11) is 0. The predicted octanol–water partition coefficient (Wildman–Crippen LogP) is 3.09. The van der Waals surface area contributed by atoms with Crippen LogP contribution in [0.5, 0.6) is 0 Å². The predicted molar refractivity (Wildman–Crippen MR) is 127 cm³/mol. The highest BCUT2D eigenvalue weighted by atomic mass is 35.5. The Bertz CT molecular complexity index is 1280. The van der Waals surface area contributed by atoms with Crippen LogP contribution in [0.3, 0.4) is 0 Å². The summed E-state index contributed by atoms with van der Waals surface area (Å²) >= 11 is 6.14. The maximum atomic E-state index is 13.2. The van der Waals surface area contributed by atoms with E-state index < -0.39 is 6.04 Å². The molecule has 9 heteroatoms. The number of rotatable bonds is 5. The number of nitrogens with one attached hydrogen (secondary N) is 2. The van der Waals surface area contributed by atoms with Crippen molar-refractivity contribution < 1.29 is 4.79 Å². The van der Waals surface area contributed by atoms with E-state index in [9.17, 15) is 9.59 Å². The Labute approximate surface area is 196 Å². The van der Waals surface area contributed by atoms with Crippen molar-refractivity contribution in [2.75, 3.05) is 11.1 Å². The summed E-state index contributed by atoms with van der Waals surface area (Å²) in [4.78, 5) is 35.2. The monoisotopic (exact) mass is 464 g/mol. The highest BCUT2D eigenvalue weighted by molar-refractivity contribution is 6.30. The first-order valence-electron chi connectivity index (χ1n) is 11.0. The van der Waals surface area contributed by atoms with Crippen LogP contribution in [0, 0.1) is 6.92 Å². The standard InChI is InChI=1S/C24H25ClN6O2/c1-13-8-14(10-15(25)9-13)11-27-19-12-28-22-7-5-20(31(22)24(19)33)23(32)30-18-4-3-17-16(18)2-6-21(26)29-17/h2,6,8-10,12,18,20,27H,3-5,7,11H2,1H3,(H2,26,29)(H,30,32)/t18?,20-/m0/s1. The van der Waals surface area contributed by atoms with E-state index in [2.05, 4.69) is 20.6 Å². The molecular weight excluding hydrogens is 440 g/mol. The maximum Gasteiger partial charge on any atom is 0.277 e. The van der Waals surface area contributed by atoms with E-state index >= 15 is 0 Å². The van der Waals surface area contributed by atoms with Gasteiger partial charge in [0.15, 0.2) is 0 Å². The molecule has 2 aromatic heterocycles. The van der Waals surface area contributed by atoms with Gasteiger partial charge in [-0.3, -0.25) is 14.2 Å². The molecule has 2 aliphatic rings. The van der Waals surface area contributed by atoms with E-state index in [0.29, 0.717) is 41.7 Å². The molecule has 4 N–H and O–H groups in total. The van der Waals surface area contributed by atoms with Crippen LogP contribution in [0.25, 0.3) is 0 Å². The number of carbonyl (C=O) groups is 1. The first-order chi connectivity index (χ1) is 15.9. The number of nitrogens with zero attached hydrogens (tertiary/aromatic N) is 3. The SMILES string of the molecule is Cc1cc(Cl)cc(CNc2cnc3n(c2=O)[C@H](C(=O)NC2CCc4nc(N)ccc42)CC3)c1. The summed E-state index contributed by atoms with van der Waals surface area (Å²) in [6.07, 6.45) is 4.22. The fourth-order valence-electron chi connectivity index (χ4n) is 4.79. The lowest BCUT2D eigenvalue weighted by atomic mass is 10.1. The van der Waals surface area contributed by atoms with Crippen LogP contribution in [0.1, 0.15) is 53.1 Å². The summed E-state index contributed by atoms with van der Waals surface area (Å²) in [6, 6.07) is 8.72. The summed E-state index contributed by atoms with van der Waals surface area (Å²) in [5.74, 6) is 0.941. The topological polar surface area (TPSA) is 115 Å². The van der Waals surface area contributed by atoms with Crippen LogP contribution < -0.4 is 21.9 Å². The number of nitrogen functional groups attached to an aromatic ring is 1. The number of benzene rings is 1. The van der Waals surface area contributed by atoms with Crippen LogP contribution in [0.4, 0.5) is 11.5 Å². The van der Waals surface area contributed by atoms with E-state index in [1.54, 1.807) is 12.3 Å². The number of fused-ring (bicyclic) bond motifs is 2. The van der Waals surface area contributed by atoms with Crippen LogP contribution in [0.2, 0.25) is 5.02 Å². The van der Waals surface area contributed by atoms with Crippen LogP contribution in [-0.2, 0) is 24.2 Å². The van der Waals surface area contributed by atoms with E-state index in [1.165, 1.54) is 4.57 Å². The van der Waals surface area contributed by atoms with Gasteiger partial charge in [0, 0.05) is 23.7 Å². The number of carbonyl (C=O) groups excluding carboxylic acids is 1. The molecule has 170 valence electrons. The quantitative estimate of drug-likeness (QED) is 0.534. The van der Waals surface area contributed by atoms with Gasteiger partial charge in [-0.25, -0.2) is 9.97 Å². The van der Waals surface area contributed by atoms with Gasteiger partial charge in [0.2, 0.25) is 5.91 Å². The van der Waals surface area contributed by atoms with Crippen molar-refractivity contribution in [1.29, 1.82) is 0 Å². The highest BCUT2D eigenvalue weighted by Crippen LogP contribution is 2.32. The van der Waals surface area contributed by atoms with Crippen LogP contribution >= 0.6 is 11.6 Å². The number of anilines is 2. The zero-order chi connectivity index (χ0) is 23.1. The van der Waals surface area contributed by atoms with Gasteiger partial charge in [0.1, 0.15) is 23.4 Å². The normalized spacial score (nSPS) is 18.6. The zero-order valence-corrected chi connectivity index (χ0v) is 19.0. The summed E-state index contributed by atoms with van der Waals surface area (Å²) in [6.45, 7) is 2.40. The summed E-state index contributed by atoms with van der Waals surface area (Å²) in [5, 5.41) is 6.92. The second kappa shape index (κ2) is 8.51. The van der Waals surface area contributed by atoms with E-state index in [0.717, 1.165) is 35.2 Å². The molecule has 0 saturated carbocycles. The Kier molecular flexibility index (Phi) is 5.54. The number of hydrogen-bond acceptors (Lipinski definition) is 6. The Balaban J connectivity index is 1.34. The second-order valence-electron chi connectivity index (χ2n) is 8.68. The van der Waals surface area contributed by atoms with Gasteiger partial charge in [-0.05, 0) is 61.1 Å². The van der Waals surface area contributed by atoms with Gasteiger partial charge >= 0.3 is 0 Å². The van der Waals surface area contributed by atoms with Crippen molar-refractivity contribution in [2.24, 2.45) is 0 Å². The van der Waals surface area contributed by atoms with Crippen molar-refractivity contribution in [2.45, 2.75) is 51.2 Å². The molecule has 0 fully saturated rings. The number of halogens is 1. The minimum absolute atomic E-state index is 0.124. The fourth-order valence-corrected chi connectivity index (χ4v) is 5.10. The lowest BCUT2D eigenvalue weighted by molar-refractivity contribution is -0.125. The number of hydrogen-bond donors (Lipinski definition) is 3. The van der Waals surface area contributed by atoms with Crippen LogP contribution in [0.15, 0.2) is 41.3 Å². The molecule has 0 bridgehead atoms. The van der Waals surface area contributed by atoms with Crippen molar-refractivity contribution in [1.82, 2.24) is 19.9 Å². The fraction of sp³-hybridized carbons (Fsp3) is 0.333. The average molecular weight is 465 g/mol. The largest absolute Gasteiger partial charge is 0.384 e. The highest BCUT2D eigenvalue weighted by Gasteiger charge is 2.34. The molecular formula is C24H25ClN6O2. The number of pyridine rings is 1. The van der Waals surface area contributed by atoms with Gasteiger partial charge < -0.3 is 16.4 Å². The molecule has 0 spiro atoms. The minimum atomic E-state index is -0.582. The van der Waals surface area contributed by atoms with Gasteiger partial charge in [0.25, 0.3) is 5.56 Å². The lowest BCUT2D eigenvalue weighted by Crippen LogP contribution is -2.37. The molecule has 0 radical (unpaired) electrons. The van der Waals surface area contributed by atoms with E-state index in [1.807, 2.05) is 31.2 Å². The third-order valence-electron chi connectivity index (χ3n) is 6.30. The molecule has 1 unspecified atom stereocenters. The van der Waals surface area contributed by atoms with Gasteiger partial charge in [0.05, 0.1) is 12.2 Å². The van der Waals surface area contributed by atoms with Gasteiger partial charge in [-0.15, -0.1) is 0 Å². The van der Waals surface area contributed by atoms with Crippen molar-refractivity contribution in [3.8, 4) is 0 Å². The molecule has 3 heterocycles. The first-order valence-corrected chi connectivity index (χ1v) is 11.4. The first kappa shape index (κ1) is 21.5. The zero-order valence-electron chi connectivity index (χ0n) is 18.3. The number of amides is 1. The Morgan fingerprint density at radius 3 is 2.91 bits per heavy atom. The lowest BCUT2D eigenvalue weighted by Gasteiger charge is -2.19. The van der Waals surface area contributed by atoms with Crippen molar-refractivity contribution in [3.05, 3.63) is 80.1 Å². The summed E-state index contributed by atoms with van der Waals surface area (Å²) in [5.41, 5.74) is 9.84. The number of aryl methyl sites for hydroxylation is 3. The Hall–Kier alpha value is -3.39. The van der Waals surface area contributed by atoms with E-state index in [-0.39, 0.29) is 17.5 Å². The second-order valence-corrected chi connectivity index (χ2v) is 9.12. The number of aromatic nitrogens is 3. The molecule has 1 aromatic carbocycles. The van der Waals surface area contributed by atoms with Gasteiger partial charge in [-0.1, -0.05) is 23.7 Å². The third-order valence-corrected chi connectivity index (χ3v) is 6.52. The molecule has 8 nitrogen and oxygen atoms in total. The Morgan fingerprint density at radius 2 is 2.09 bits per heavy atom.